The van der Waals surface area contributed by atoms with E-state index in [4.69, 9.17) is 4.74 Å². The van der Waals surface area contributed by atoms with E-state index < -0.39 is 0 Å². The van der Waals surface area contributed by atoms with Crippen molar-refractivity contribution in [3.8, 4) is 0 Å². The summed E-state index contributed by atoms with van der Waals surface area (Å²) in [5, 5.41) is 9.71. The van der Waals surface area contributed by atoms with Gasteiger partial charge in [0, 0.05) is 31.8 Å². The smallest absolute Gasteiger partial charge is 0.0617 e. The predicted octanol–water partition coefficient (Wildman–Crippen LogP) is 1.40. The molecule has 0 unspecified atom stereocenters. The number of nitrogens with zero attached hydrogens (tertiary/aromatic N) is 1. The maximum absolute atomic E-state index is 9.71. The number of likely N-dealkylation sites (tertiary alicyclic amines) is 1. The molecule has 3 fully saturated rings. The minimum absolute atomic E-state index is 0.0616. The Hall–Kier alpha value is -0.120. The molecule has 0 aromatic heterocycles. The van der Waals surface area contributed by atoms with Crippen molar-refractivity contribution in [3.63, 3.8) is 0 Å². The fourth-order valence-corrected chi connectivity index (χ4v) is 3.87. The zero-order valence-electron chi connectivity index (χ0n) is 10.1. The molecule has 1 aliphatic carbocycles. The number of hydrogen-bond acceptors (Lipinski definition) is 3. The van der Waals surface area contributed by atoms with Gasteiger partial charge in [-0.3, -0.25) is 4.90 Å². The van der Waals surface area contributed by atoms with Crippen LogP contribution in [0, 0.1) is 5.41 Å². The van der Waals surface area contributed by atoms with Crippen molar-refractivity contribution >= 4 is 0 Å². The Labute approximate surface area is 97.8 Å². The Bertz CT molecular complexity index is 247. The second-order valence-electron chi connectivity index (χ2n) is 6.06. The van der Waals surface area contributed by atoms with Crippen LogP contribution in [0.25, 0.3) is 0 Å². The molecule has 0 amide bonds. The third-order valence-corrected chi connectivity index (χ3v) is 5.11. The molecule has 0 atom stereocenters. The highest BCUT2D eigenvalue weighted by atomic mass is 16.5. The molecule has 1 spiro atoms. The van der Waals surface area contributed by atoms with E-state index in [1.807, 2.05) is 0 Å². The largest absolute Gasteiger partial charge is 0.394 e. The molecular formula is C13H23NO2. The first-order chi connectivity index (χ1) is 7.79. The zero-order valence-corrected chi connectivity index (χ0v) is 10.1. The topological polar surface area (TPSA) is 32.7 Å². The van der Waals surface area contributed by atoms with Crippen LogP contribution in [0.2, 0.25) is 0 Å². The molecule has 2 saturated heterocycles. The Morgan fingerprint density at radius 3 is 2.19 bits per heavy atom. The molecule has 0 radical (unpaired) electrons. The van der Waals surface area contributed by atoms with E-state index in [0.29, 0.717) is 12.0 Å². The van der Waals surface area contributed by atoms with Crippen molar-refractivity contribution < 1.29 is 9.84 Å². The van der Waals surface area contributed by atoms with Crippen LogP contribution in [0.3, 0.4) is 0 Å². The SMILES string of the molecule is OCC1(N2CC3(CCCC3)C2)CCOCC1. The van der Waals surface area contributed by atoms with Crippen molar-refractivity contribution in [1.29, 1.82) is 0 Å². The fraction of sp³-hybridized carbons (Fsp3) is 1.00. The van der Waals surface area contributed by atoms with Crippen LogP contribution in [-0.4, -0.2) is 48.5 Å². The van der Waals surface area contributed by atoms with Gasteiger partial charge in [-0.15, -0.1) is 0 Å². The first kappa shape index (κ1) is 11.0. The highest BCUT2D eigenvalue weighted by Gasteiger charge is 2.52. The van der Waals surface area contributed by atoms with Gasteiger partial charge >= 0.3 is 0 Å². The van der Waals surface area contributed by atoms with Gasteiger partial charge in [0.2, 0.25) is 0 Å². The van der Waals surface area contributed by atoms with Gasteiger partial charge in [-0.1, -0.05) is 12.8 Å². The van der Waals surface area contributed by atoms with E-state index in [-0.39, 0.29) is 5.54 Å². The molecule has 2 heterocycles. The zero-order chi connectivity index (χ0) is 11.1. The molecule has 3 rings (SSSR count). The van der Waals surface area contributed by atoms with Crippen molar-refractivity contribution in [3.05, 3.63) is 0 Å². The Balaban J connectivity index is 1.64. The predicted molar refractivity (Wildman–Crippen MR) is 62.3 cm³/mol. The average Bonchev–Trinajstić information content (AvgIpc) is 2.77. The molecular weight excluding hydrogens is 202 g/mol. The van der Waals surface area contributed by atoms with Crippen LogP contribution in [0.1, 0.15) is 38.5 Å². The van der Waals surface area contributed by atoms with Gasteiger partial charge < -0.3 is 9.84 Å². The first-order valence-corrected chi connectivity index (χ1v) is 6.72. The van der Waals surface area contributed by atoms with Crippen LogP contribution in [-0.2, 0) is 4.74 Å². The van der Waals surface area contributed by atoms with E-state index in [1.54, 1.807) is 0 Å². The summed E-state index contributed by atoms with van der Waals surface area (Å²) >= 11 is 0. The first-order valence-electron chi connectivity index (χ1n) is 6.72. The van der Waals surface area contributed by atoms with Gasteiger partial charge in [-0.25, -0.2) is 0 Å². The maximum atomic E-state index is 9.71. The number of hydrogen-bond donors (Lipinski definition) is 1. The molecule has 0 aromatic carbocycles. The highest BCUT2D eigenvalue weighted by molar-refractivity contribution is 5.05. The summed E-state index contributed by atoms with van der Waals surface area (Å²) in [7, 11) is 0. The van der Waals surface area contributed by atoms with Crippen LogP contribution >= 0.6 is 0 Å². The highest BCUT2D eigenvalue weighted by Crippen LogP contribution is 2.49. The van der Waals surface area contributed by atoms with Crippen LogP contribution < -0.4 is 0 Å². The minimum Gasteiger partial charge on any atom is -0.394 e. The van der Waals surface area contributed by atoms with E-state index in [2.05, 4.69) is 4.90 Å². The van der Waals surface area contributed by atoms with Crippen molar-refractivity contribution in [2.24, 2.45) is 5.41 Å². The van der Waals surface area contributed by atoms with E-state index in [0.717, 1.165) is 26.1 Å². The standard InChI is InChI=1S/C13H23NO2/c15-11-13(5-7-16-8-6-13)14-9-12(10-14)3-1-2-4-12/h15H,1-11H2. The monoisotopic (exact) mass is 225 g/mol. The molecule has 0 aromatic rings. The summed E-state index contributed by atoms with van der Waals surface area (Å²) in [6.07, 6.45) is 7.70. The molecule has 0 bridgehead atoms. The fourth-order valence-electron chi connectivity index (χ4n) is 3.87. The van der Waals surface area contributed by atoms with Gasteiger partial charge in [-0.05, 0) is 31.1 Å². The van der Waals surface area contributed by atoms with Crippen LogP contribution in [0.15, 0.2) is 0 Å². The molecule has 1 saturated carbocycles. The Kier molecular flexibility index (Phi) is 2.73. The summed E-state index contributed by atoms with van der Waals surface area (Å²) < 4.78 is 5.42. The molecule has 92 valence electrons. The lowest BCUT2D eigenvalue weighted by molar-refractivity contribution is -0.132. The summed E-state index contributed by atoms with van der Waals surface area (Å²) in [4.78, 5) is 2.54. The number of aliphatic hydroxyl groups is 1. The van der Waals surface area contributed by atoms with E-state index in [1.165, 1.54) is 38.8 Å². The van der Waals surface area contributed by atoms with Crippen LogP contribution in [0.5, 0.6) is 0 Å². The van der Waals surface area contributed by atoms with Gasteiger partial charge in [0.05, 0.1) is 6.61 Å². The summed E-state index contributed by atoms with van der Waals surface area (Å²) in [5.74, 6) is 0. The van der Waals surface area contributed by atoms with Gasteiger partial charge in [-0.2, -0.15) is 0 Å². The second-order valence-corrected chi connectivity index (χ2v) is 6.06. The third-order valence-electron chi connectivity index (χ3n) is 5.11. The van der Waals surface area contributed by atoms with Gasteiger partial charge in [0.1, 0.15) is 0 Å². The molecule has 16 heavy (non-hydrogen) atoms. The lowest BCUT2D eigenvalue weighted by atomic mass is 9.73. The quantitative estimate of drug-likeness (QED) is 0.771. The normalized spacial score (nSPS) is 32.8. The Morgan fingerprint density at radius 1 is 1.00 bits per heavy atom. The summed E-state index contributed by atoms with van der Waals surface area (Å²) in [6, 6.07) is 0. The lowest BCUT2D eigenvalue weighted by Crippen LogP contribution is -2.67. The molecule has 3 aliphatic rings. The minimum atomic E-state index is 0.0616. The number of rotatable bonds is 2. The molecule has 1 N–H and O–H groups in total. The van der Waals surface area contributed by atoms with Crippen LogP contribution in [0.4, 0.5) is 0 Å². The Morgan fingerprint density at radius 2 is 1.62 bits per heavy atom. The summed E-state index contributed by atoms with van der Waals surface area (Å²) in [5.41, 5.74) is 0.701. The van der Waals surface area contributed by atoms with E-state index in [9.17, 15) is 5.11 Å². The molecule has 2 aliphatic heterocycles. The summed E-state index contributed by atoms with van der Waals surface area (Å²) in [6.45, 7) is 4.42. The van der Waals surface area contributed by atoms with Crippen molar-refractivity contribution in [2.75, 3.05) is 32.9 Å². The average molecular weight is 225 g/mol. The van der Waals surface area contributed by atoms with E-state index >= 15 is 0 Å². The van der Waals surface area contributed by atoms with Gasteiger partial charge in [0.25, 0.3) is 0 Å². The molecule has 3 heteroatoms. The van der Waals surface area contributed by atoms with Gasteiger partial charge in [0.15, 0.2) is 0 Å². The number of aliphatic hydroxyl groups excluding tert-OH is 1. The molecule has 3 nitrogen and oxygen atoms in total. The lowest BCUT2D eigenvalue weighted by Gasteiger charge is -2.58. The number of ether oxygens (including phenoxy) is 1. The van der Waals surface area contributed by atoms with Crippen molar-refractivity contribution in [2.45, 2.75) is 44.1 Å². The third kappa shape index (κ3) is 1.60. The second kappa shape index (κ2) is 3.97. The maximum Gasteiger partial charge on any atom is 0.0617 e. The van der Waals surface area contributed by atoms with Crippen molar-refractivity contribution in [1.82, 2.24) is 4.90 Å².